The fourth-order valence-electron chi connectivity index (χ4n) is 2.38. The van der Waals surface area contributed by atoms with E-state index in [-0.39, 0.29) is 5.92 Å². The molecule has 1 aliphatic carbocycles. The Morgan fingerprint density at radius 1 is 1.47 bits per heavy atom. The molecule has 1 aliphatic rings. The van der Waals surface area contributed by atoms with Gasteiger partial charge in [-0.3, -0.25) is 4.79 Å². The van der Waals surface area contributed by atoms with E-state index in [1.165, 1.54) is 30.8 Å². The summed E-state index contributed by atoms with van der Waals surface area (Å²) in [6.07, 6.45) is 7.60. The lowest BCUT2D eigenvalue weighted by atomic mass is 9.79. The Hall–Kier alpha value is -0.700. The summed E-state index contributed by atoms with van der Waals surface area (Å²) in [5, 5.41) is 0. The molecular formula is C12H17NOS. The smallest absolute Gasteiger partial charge is 0.177 e. The van der Waals surface area contributed by atoms with Crippen LogP contribution in [0.2, 0.25) is 0 Å². The van der Waals surface area contributed by atoms with Crippen LogP contribution in [0.1, 0.15) is 48.7 Å². The number of hydrogen-bond acceptors (Lipinski definition) is 3. The monoisotopic (exact) mass is 223 g/mol. The van der Waals surface area contributed by atoms with Crippen molar-refractivity contribution in [1.29, 1.82) is 0 Å². The molecule has 0 spiro atoms. The third kappa shape index (κ3) is 2.46. The topological polar surface area (TPSA) is 30.0 Å². The summed E-state index contributed by atoms with van der Waals surface area (Å²) in [6, 6.07) is 1.85. The molecule has 1 aromatic rings. The fraction of sp³-hybridized carbons (Fsp3) is 0.667. The first kappa shape index (κ1) is 10.8. The Labute approximate surface area is 94.9 Å². The molecule has 3 heteroatoms. The van der Waals surface area contributed by atoms with Gasteiger partial charge in [-0.15, -0.1) is 0 Å². The summed E-state index contributed by atoms with van der Waals surface area (Å²) in [6.45, 7) is 2.25. The quantitative estimate of drug-likeness (QED) is 0.734. The molecule has 0 atom stereocenters. The van der Waals surface area contributed by atoms with Crippen molar-refractivity contribution < 1.29 is 4.79 Å². The van der Waals surface area contributed by atoms with Crippen molar-refractivity contribution in [2.24, 2.45) is 11.8 Å². The summed E-state index contributed by atoms with van der Waals surface area (Å²) in [7, 11) is 0. The average Bonchev–Trinajstić information content (AvgIpc) is 2.82. The van der Waals surface area contributed by atoms with Crippen LogP contribution in [0.5, 0.6) is 0 Å². The lowest BCUT2D eigenvalue weighted by molar-refractivity contribution is 0.0875. The van der Waals surface area contributed by atoms with Crippen LogP contribution in [0.25, 0.3) is 0 Å². The highest BCUT2D eigenvalue weighted by atomic mass is 32.1. The van der Waals surface area contributed by atoms with Crippen molar-refractivity contribution in [3.05, 3.63) is 17.1 Å². The molecule has 0 N–H and O–H groups in total. The van der Waals surface area contributed by atoms with Gasteiger partial charge in [-0.2, -0.15) is 0 Å². The molecule has 2 nitrogen and oxygen atoms in total. The molecule has 0 radical (unpaired) electrons. The number of carbonyl (C=O) groups excluding carboxylic acids is 1. The molecule has 15 heavy (non-hydrogen) atoms. The predicted octanol–water partition coefficient (Wildman–Crippen LogP) is 3.54. The van der Waals surface area contributed by atoms with E-state index in [4.69, 9.17) is 0 Å². The molecular weight excluding hydrogens is 206 g/mol. The summed E-state index contributed by atoms with van der Waals surface area (Å²) >= 11 is 1.33. The first-order valence-corrected chi connectivity index (χ1v) is 6.53. The third-order valence-corrected chi connectivity index (χ3v) is 4.24. The maximum Gasteiger partial charge on any atom is 0.177 e. The number of ketones is 1. The van der Waals surface area contributed by atoms with Gasteiger partial charge in [-0.1, -0.05) is 13.3 Å². The number of nitrogens with zero attached hydrogens (tertiary/aromatic N) is 1. The SMILES string of the molecule is CCC1CCC(C(=O)c2ccns2)CC1. The largest absolute Gasteiger partial charge is 0.293 e. The highest BCUT2D eigenvalue weighted by molar-refractivity contribution is 7.08. The van der Waals surface area contributed by atoms with Gasteiger partial charge in [0.1, 0.15) is 0 Å². The predicted molar refractivity (Wildman–Crippen MR) is 62.2 cm³/mol. The zero-order valence-corrected chi connectivity index (χ0v) is 9.93. The number of aromatic nitrogens is 1. The van der Waals surface area contributed by atoms with Crippen molar-refractivity contribution >= 4 is 17.3 Å². The van der Waals surface area contributed by atoms with Crippen LogP contribution in [0.3, 0.4) is 0 Å². The van der Waals surface area contributed by atoms with Crippen LogP contribution >= 0.6 is 11.5 Å². The summed E-state index contributed by atoms with van der Waals surface area (Å²) in [5.41, 5.74) is 0. The minimum absolute atomic E-state index is 0.272. The van der Waals surface area contributed by atoms with Crippen molar-refractivity contribution in [2.45, 2.75) is 39.0 Å². The Kier molecular flexibility index (Phi) is 3.52. The van der Waals surface area contributed by atoms with Gasteiger partial charge in [0.25, 0.3) is 0 Å². The molecule has 1 aromatic heterocycles. The number of rotatable bonds is 3. The van der Waals surface area contributed by atoms with Gasteiger partial charge in [-0.05, 0) is 49.2 Å². The normalized spacial score (nSPS) is 26.5. The van der Waals surface area contributed by atoms with Crippen molar-refractivity contribution in [1.82, 2.24) is 4.37 Å². The number of carbonyl (C=O) groups is 1. The molecule has 0 aromatic carbocycles. The van der Waals surface area contributed by atoms with E-state index in [0.29, 0.717) is 5.78 Å². The van der Waals surface area contributed by atoms with E-state index in [2.05, 4.69) is 11.3 Å². The molecule has 1 fully saturated rings. The van der Waals surface area contributed by atoms with Crippen LogP contribution < -0.4 is 0 Å². The van der Waals surface area contributed by atoms with E-state index in [0.717, 1.165) is 23.6 Å². The van der Waals surface area contributed by atoms with Gasteiger partial charge in [0.05, 0.1) is 4.88 Å². The lowest BCUT2D eigenvalue weighted by Crippen LogP contribution is -2.21. The molecule has 0 unspecified atom stereocenters. The first-order chi connectivity index (χ1) is 7.31. The highest BCUT2D eigenvalue weighted by Crippen LogP contribution is 2.32. The zero-order chi connectivity index (χ0) is 10.7. The fourth-order valence-corrected chi connectivity index (χ4v) is 2.99. The standard InChI is InChI=1S/C12H17NOS/c1-2-9-3-5-10(6-4-9)12(14)11-7-8-13-15-11/h7-10H,2-6H2,1H3. The van der Waals surface area contributed by atoms with Gasteiger partial charge >= 0.3 is 0 Å². The highest BCUT2D eigenvalue weighted by Gasteiger charge is 2.26. The van der Waals surface area contributed by atoms with E-state index < -0.39 is 0 Å². The van der Waals surface area contributed by atoms with E-state index in [9.17, 15) is 4.79 Å². The lowest BCUT2D eigenvalue weighted by Gasteiger charge is -2.26. The van der Waals surface area contributed by atoms with Gasteiger partial charge in [0.15, 0.2) is 5.78 Å². The first-order valence-electron chi connectivity index (χ1n) is 5.76. The summed E-state index contributed by atoms with van der Waals surface area (Å²) in [4.78, 5) is 12.9. The summed E-state index contributed by atoms with van der Waals surface area (Å²) in [5.74, 6) is 1.45. The van der Waals surface area contributed by atoms with Crippen LogP contribution in [0, 0.1) is 11.8 Å². The Bertz CT molecular complexity index is 312. The second-order valence-corrected chi connectivity index (χ2v) is 5.20. The number of Topliss-reactive ketones (excluding diaryl/α,β-unsaturated/α-hetero) is 1. The Balaban J connectivity index is 1.93. The minimum atomic E-state index is 0.272. The van der Waals surface area contributed by atoms with E-state index in [1.54, 1.807) is 6.20 Å². The maximum atomic E-state index is 12.0. The van der Waals surface area contributed by atoms with Crippen LogP contribution in [-0.4, -0.2) is 10.2 Å². The molecule has 1 saturated carbocycles. The molecule has 2 rings (SSSR count). The second-order valence-electron chi connectivity index (χ2n) is 4.37. The van der Waals surface area contributed by atoms with Crippen molar-refractivity contribution in [3.8, 4) is 0 Å². The maximum absolute atomic E-state index is 12.0. The van der Waals surface area contributed by atoms with Crippen molar-refractivity contribution in [2.75, 3.05) is 0 Å². The minimum Gasteiger partial charge on any atom is -0.293 e. The molecule has 0 aliphatic heterocycles. The van der Waals surface area contributed by atoms with Gasteiger partial charge in [-0.25, -0.2) is 4.37 Å². The Morgan fingerprint density at radius 2 is 2.20 bits per heavy atom. The van der Waals surface area contributed by atoms with Gasteiger partial charge in [0, 0.05) is 12.1 Å². The van der Waals surface area contributed by atoms with E-state index in [1.807, 2.05) is 6.07 Å². The molecule has 0 amide bonds. The number of hydrogen-bond donors (Lipinski definition) is 0. The third-order valence-electron chi connectivity index (χ3n) is 3.48. The van der Waals surface area contributed by atoms with Crippen molar-refractivity contribution in [3.63, 3.8) is 0 Å². The summed E-state index contributed by atoms with van der Waals surface area (Å²) < 4.78 is 3.99. The molecule has 1 heterocycles. The van der Waals surface area contributed by atoms with Crippen LogP contribution in [0.15, 0.2) is 12.3 Å². The van der Waals surface area contributed by atoms with Gasteiger partial charge < -0.3 is 0 Å². The average molecular weight is 223 g/mol. The molecule has 0 saturated heterocycles. The van der Waals surface area contributed by atoms with Crippen LogP contribution in [0.4, 0.5) is 0 Å². The molecule has 0 bridgehead atoms. The van der Waals surface area contributed by atoms with Gasteiger partial charge in [0.2, 0.25) is 0 Å². The zero-order valence-electron chi connectivity index (χ0n) is 9.11. The van der Waals surface area contributed by atoms with E-state index >= 15 is 0 Å². The molecule has 82 valence electrons. The Morgan fingerprint density at radius 3 is 2.73 bits per heavy atom. The second kappa shape index (κ2) is 4.88. The van der Waals surface area contributed by atoms with Crippen LogP contribution in [-0.2, 0) is 0 Å².